The number of hydrazine groups is 1. The number of nitrogen functional groups attached to an aromatic ring is 1. The van der Waals surface area contributed by atoms with E-state index < -0.39 is 0 Å². The highest BCUT2D eigenvalue weighted by molar-refractivity contribution is 7.13. The fourth-order valence-corrected chi connectivity index (χ4v) is 0.798. The first-order chi connectivity index (χ1) is 3.43. The summed E-state index contributed by atoms with van der Waals surface area (Å²) >= 11 is 1.53. The highest BCUT2D eigenvalue weighted by atomic mass is 79.9. The number of hydrogen-bond donors (Lipinski definition) is 2. The van der Waals surface area contributed by atoms with Gasteiger partial charge in [0.25, 0.3) is 0 Å². The first-order valence-electron chi connectivity index (χ1n) is 1.85. The maximum Gasteiger partial charge on any atom is 0.349 e. The maximum atomic E-state index is 5.02. The molecule has 0 aliphatic carbocycles. The van der Waals surface area contributed by atoms with Crippen molar-refractivity contribution in [1.82, 2.24) is 0 Å². The number of nitrogens with one attached hydrogen (secondary N) is 2. The Labute approximate surface area is 61.7 Å². The molecule has 1 rings (SSSR count). The fraction of sp³-hybridized carbons (Fsp3) is 0. The molecule has 0 fully saturated rings. The van der Waals surface area contributed by atoms with Gasteiger partial charge in [0.05, 0.1) is 6.20 Å². The number of nitrogens with two attached hydrogens (primary N) is 1. The molecule has 1 aromatic heterocycles. The third kappa shape index (κ3) is 1.77. The second-order valence-electron chi connectivity index (χ2n) is 1.04. The average Bonchev–Trinajstić information content (AvgIpc) is 2.14. The Morgan fingerprint density at radius 2 is 2.50 bits per heavy atom. The van der Waals surface area contributed by atoms with Crippen LogP contribution < -0.4 is 33.2 Å². The van der Waals surface area contributed by atoms with Crippen LogP contribution >= 0.6 is 11.3 Å². The molecule has 3 nitrogen and oxygen atoms in total. The first kappa shape index (κ1) is 7.87. The Hall–Kier alpha value is -0.130. The van der Waals surface area contributed by atoms with Crippen molar-refractivity contribution in [1.29, 1.82) is 0 Å². The molecule has 0 aromatic carbocycles. The summed E-state index contributed by atoms with van der Waals surface area (Å²) < 4.78 is 0. The summed E-state index contributed by atoms with van der Waals surface area (Å²) in [4.78, 5) is 2.87. The van der Waals surface area contributed by atoms with E-state index in [1.54, 1.807) is 0 Å². The molecule has 5 heteroatoms. The largest absolute Gasteiger partial charge is 1.00 e. The molecular weight excluding hydrogens is 190 g/mol. The number of hydrogen-bond acceptors (Lipinski definition) is 3. The van der Waals surface area contributed by atoms with Crippen molar-refractivity contribution in [2.45, 2.75) is 0 Å². The van der Waals surface area contributed by atoms with Gasteiger partial charge in [0.2, 0.25) is 0 Å². The lowest BCUT2D eigenvalue weighted by atomic mass is 11.0. The first-order valence-corrected chi connectivity index (χ1v) is 2.73. The van der Waals surface area contributed by atoms with Gasteiger partial charge in [-0.25, -0.2) is 4.98 Å². The SMILES string of the molecule is NNc1[nH+]ccs1.[Br-]. The van der Waals surface area contributed by atoms with Crippen LogP contribution in [0.15, 0.2) is 11.6 Å². The number of anilines is 1. The van der Waals surface area contributed by atoms with E-state index in [9.17, 15) is 0 Å². The second kappa shape index (κ2) is 3.82. The molecule has 1 aromatic rings. The normalized spacial score (nSPS) is 7.62. The Balaban J connectivity index is 0.000000490. The molecule has 0 radical (unpaired) electrons. The molecule has 0 saturated heterocycles. The molecule has 0 atom stereocenters. The number of aromatic nitrogens is 1. The molecule has 0 spiro atoms. The minimum absolute atomic E-state index is 0. The van der Waals surface area contributed by atoms with E-state index in [2.05, 4.69) is 10.4 Å². The van der Waals surface area contributed by atoms with Gasteiger partial charge in [0, 0.05) is 5.38 Å². The van der Waals surface area contributed by atoms with E-state index in [1.165, 1.54) is 11.3 Å². The quantitative estimate of drug-likeness (QED) is 0.368. The molecule has 0 aliphatic rings. The number of H-pyrrole nitrogens is 1. The minimum Gasteiger partial charge on any atom is -1.00 e. The zero-order valence-electron chi connectivity index (χ0n) is 4.02. The van der Waals surface area contributed by atoms with Crippen LogP contribution in [0.3, 0.4) is 0 Å². The Kier molecular flexibility index (Phi) is 3.76. The fourth-order valence-electron chi connectivity index (χ4n) is 0.321. The van der Waals surface area contributed by atoms with Gasteiger partial charge < -0.3 is 17.0 Å². The molecule has 46 valence electrons. The maximum absolute atomic E-state index is 5.02. The molecule has 0 unspecified atom stereocenters. The van der Waals surface area contributed by atoms with Gasteiger partial charge >= 0.3 is 5.13 Å². The summed E-state index contributed by atoms with van der Waals surface area (Å²) in [6.07, 6.45) is 1.82. The van der Waals surface area contributed by atoms with E-state index in [0.29, 0.717) is 0 Å². The van der Waals surface area contributed by atoms with E-state index in [4.69, 9.17) is 5.84 Å². The predicted octanol–water partition coefficient (Wildman–Crippen LogP) is -3.15. The molecule has 8 heavy (non-hydrogen) atoms. The van der Waals surface area contributed by atoms with Crippen LogP contribution in [0.25, 0.3) is 0 Å². The van der Waals surface area contributed by atoms with Gasteiger partial charge in [-0.2, -0.15) is 11.3 Å². The van der Waals surface area contributed by atoms with Gasteiger partial charge in [0.15, 0.2) is 0 Å². The molecule has 0 saturated carbocycles. The molecule has 1 heterocycles. The van der Waals surface area contributed by atoms with E-state index in [1.807, 2.05) is 11.6 Å². The van der Waals surface area contributed by atoms with Gasteiger partial charge in [-0.3, -0.25) is 0 Å². The molecule has 0 aliphatic heterocycles. The van der Waals surface area contributed by atoms with Crippen LogP contribution in [0.4, 0.5) is 5.13 Å². The van der Waals surface area contributed by atoms with Crippen molar-refractivity contribution < 1.29 is 22.0 Å². The van der Waals surface area contributed by atoms with Crippen LogP contribution in [0.2, 0.25) is 0 Å². The van der Waals surface area contributed by atoms with Gasteiger partial charge in [0.1, 0.15) is 0 Å². The summed E-state index contributed by atoms with van der Waals surface area (Å²) in [7, 11) is 0. The zero-order valence-corrected chi connectivity index (χ0v) is 6.42. The summed E-state index contributed by atoms with van der Waals surface area (Å²) in [6.45, 7) is 0. The summed E-state index contributed by atoms with van der Waals surface area (Å²) in [5.41, 5.74) is 2.47. The number of rotatable bonds is 1. The van der Waals surface area contributed by atoms with Crippen LogP contribution in [0, 0.1) is 0 Å². The molecule has 0 amide bonds. The Morgan fingerprint density at radius 1 is 1.75 bits per heavy atom. The van der Waals surface area contributed by atoms with Crippen LogP contribution in [0.5, 0.6) is 0 Å². The zero-order chi connectivity index (χ0) is 5.11. The lowest BCUT2D eigenvalue weighted by Gasteiger charge is -1.74. The summed E-state index contributed by atoms with van der Waals surface area (Å²) in [6, 6.07) is 0. The molecule has 4 N–H and O–H groups in total. The van der Waals surface area contributed by atoms with E-state index in [-0.39, 0.29) is 17.0 Å². The lowest BCUT2D eigenvalue weighted by molar-refractivity contribution is -0.354. The van der Waals surface area contributed by atoms with Crippen molar-refractivity contribution in [3.8, 4) is 0 Å². The van der Waals surface area contributed by atoms with Crippen molar-refractivity contribution in [3.63, 3.8) is 0 Å². The number of thiazole rings is 1. The highest BCUT2D eigenvalue weighted by Gasteiger charge is 1.92. The van der Waals surface area contributed by atoms with Gasteiger partial charge in [-0.05, 0) is 0 Å². The summed E-state index contributed by atoms with van der Waals surface area (Å²) in [5, 5.41) is 2.79. The van der Waals surface area contributed by atoms with E-state index in [0.717, 1.165) is 5.13 Å². The van der Waals surface area contributed by atoms with Crippen molar-refractivity contribution in [2.24, 2.45) is 5.84 Å². The Bertz CT molecular complexity index is 129. The van der Waals surface area contributed by atoms with Crippen LogP contribution in [-0.2, 0) is 0 Å². The number of halogens is 1. The second-order valence-corrected chi connectivity index (χ2v) is 1.95. The standard InChI is InChI=1S/C3H5N3S.BrH/c4-6-3-5-1-2-7-3;/h1-2H,4H2,(H,5,6);1H. The number of aromatic amines is 1. The van der Waals surface area contributed by atoms with Crippen LogP contribution in [0.1, 0.15) is 0 Å². The molecule has 0 bridgehead atoms. The smallest absolute Gasteiger partial charge is 0.349 e. The lowest BCUT2D eigenvalue weighted by Crippen LogP contribution is -3.00. The average molecular weight is 196 g/mol. The van der Waals surface area contributed by atoms with Crippen molar-refractivity contribution in [2.75, 3.05) is 5.43 Å². The summed E-state index contributed by atoms with van der Waals surface area (Å²) in [5.74, 6) is 5.02. The third-order valence-corrected chi connectivity index (χ3v) is 1.34. The molecular formula is C3H6BrN3S. The van der Waals surface area contributed by atoms with Gasteiger partial charge in [-0.1, -0.05) is 11.3 Å². The topological polar surface area (TPSA) is 52.2 Å². The predicted molar refractivity (Wildman–Crippen MR) is 28.7 cm³/mol. The van der Waals surface area contributed by atoms with Crippen molar-refractivity contribution >= 4 is 16.5 Å². The van der Waals surface area contributed by atoms with Crippen LogP contribution in [-0.4, -0.2) is 0 Å². The monoisotopic (exact) mass is 195 g/mol. The Morgan fingerprint density at radius 3 is 2.75 bits per heavy atom. The third-order valence-electron chi connectivity index (χ3n) is 0.599. The van der Waals surface area contributed by atoms with Gasteiger partial charge in [-0.15, -0.1) is 0 Å². The van der Waals surface area contributed by atoms with Crippen molar-refractivity contribution in [3.05, 3.63) is 11.6 Å². The van der Waals surface area contributed by atoms with E-state index >= 15 is 0 Å². The minimum atomic E-state index is 0. The highest BCUT2D eigenvalue weighted by Crippen LogP contribution is 2.01.